The molecule has 0 bridgehead atoms. The lowest BCUT2D eigenvalue weighted by Gasteiger charge is -2.19. The normalized spacial score (nSPS) is 40.0. The minimum Gasteiger partial charge on any atom is -0.373 e. The molecule has 0 spiro atoms. The van der Waals surface area contributed by atoms with E-state index in [1.807, 2.05) is 20.8 Å². The maximum Gasteiger partial charge on any atom is 0.115 e. The Labute approximate surface area is 90.8 Å². The number of hydrogen-bond acceptors (Lipinski definition) is 4. The lowest BCUT2D eigenvalue weighted by Crippen LogP contribution is -2.35. The fourth-order valence-electron chi connectivity index (χ4n) is 2.25. The van der Waals surface area contributed by atoms with Gasteiger partial charge in [0.15, 0.2) is 0 Å². The highest BCUT2D eigenvalue weighted by Gasteiger charge is 2.48. The molecule has 0 radical (unpaired) electrons. The second kappa shape index (κ2) is 4.78. The van der Waals surface area contributed by atoms with Gasteiger partial charge in [0.1, 0.15) is 24.4 Å². The van der Waals surface area contributed by atoms with E-state index < -0.39 is 0 Å². The zero-order valence-electron chi connectivity index (χ0n) is 9.64. The van der Waals surface area contributed by atoms with Gasteiger partial charge in [0.05, 0.1) is 19.3 Å². The van der Waals surface area contributed by atoms with Crippen LogP contribution in [0, 0.1) is 0 Å². The molecule has 2 aliphatic heterocycles. The minimum absolute atomic E-state index is 0.0592. The average molecular weight is 216 g/mol. The predicted octanol–water partition coefficient (Wildman–Crippen LogP) is 0.983. The summed E-state index contributed by atoms with van der Waals surface area (Å²) in [6.07, 6.45) is 0.492. The third kappa shape index (κ3) is 2.33. The van der Waals surface area contributed by atoms with E-state index in [2.05, 4.69) is 0 Å². The average Bonchev–Trinajstić information content (AvgIpc) is 2.71. The lowest BCUT2D eigenvalue weighted by molar-refractivity contribution is -0.0657. The fraction of sp³-hybridized carbons (Fsp3) is 1.00. The van der Waals surface area contributed by atoms with Crippen molar-refractivity contribution in [3.63, 3.8) is 0 Å². The van der Waals surface area contributed by atoms with Crippen LogP contribution >= 0.6 is 0 Å². The molecule has 2 aliphatic rings. The molecule has 0 aromatic carbocycles. The summed E-state index contributed by atoms with van der Waals surface area (Å²) in [5, 5.41) is 0. The van der Waals surface area contributed by atoms with Crippen molar-refractivity contribution < 1.29 is 18.9 Å². The molecule has 2 rings (SSSR count). The molecular formula is C11H20O4. The van der Waals surface area contributed by atoms with Gasteiger partial charge in [-0.15, -0.1) is 0 Å². The van der Waals surface area contributed by atoms with Crippen LogP contribution in [0.4, 0.5) is 0 Å². The van der Waals surface area contributed by atoms with Crippen molar-refractivity contribution in [1.82, 2.24) is 0 Å². The van der Waals surface area contributed by atoms with Gasteiger partial charge in [0.25, 0.3) is 0 Å². The third-order valence-electron chi connectivity index (χ3n) is 2.79. The van der Waals surface area contributed by atoms with E-state index in [1.54, 1.807) is 0 Å². The first kappa shape index (κ1) is 11.3. The zero-order chi connectivity index (χ0) is 10.8. The predicted molar refractivity (Wildman–Crippen MR) is 54.9 cm³/mol. The molecule has 2 unspecified atom stereocenters. The molecule has 0 aromatic heterocycles. The molecule has 0 N–H and O–H groups in total. The van der Waals surface area contributed by atoms with Crippen LogP contribution in [-0.4, -0.2) is 50.3 Å². The van der Waals surface area contributed by atoms with E-state index in [9.17, 15) is 0 Å². The van der Waals surface area contributed by atoms with E-state index in [4.69, 9.17) is 18.9 Å². The molecule has 0 amide bonds. The summed E-state index contributed by atoms with van der Waals surface area (Å²) in [6, 6.07) is 0. The van der Waals surface area contributed by atoms with Crippen LogP contribution in [0.5, 0.6) is 0 Å². The molecule has 2 saturated heterocycles. The van der Waals surface area contributed by atoms with Crippen molar-refractivity contribution in [1.29, 1.82) is 0 Å². The summed E-state index contributed by atoms with van der Waals surface area (Å²) in [5.41, 5.74) is 0. The van der Waals surface area contributed by atoms with E-state index in [0.29, 0.717) is 19.8 Å². The summed E-state index contributed by atoms with van der Waals surface area (Å²) in [6.45, 7) is 8.00. The van der Waals surface area contributed by atoms with Crippen LogP contribution < -0.4 is 0 Å². The highest BCUT2D eigenvalue weighted by Crippen LogP contribution is 2.30. The van der Waals surface area contributed by atoms with Crippen molar-refractivity contribution >= 4 is 0 Å². The summed E-state index contributed by atoms with van der Waals surface area (Å²) in [7, 11) is 0. The molecule has 0 saturated carbocycles. The molecule has 2 fully saturated rings. The maximum absolute atomic E-state index is 5.75. The van der Waals surface area contributed by atoms with E-state index in [0.717, 1.165) is 0 Å². The molecule has 0 aliphatic carbocycles. The first-order chi connectivity index (χ1) is 7.22. The van der Waals surface area contributed by atoms with Gasteiger partial charge < -0.3 is 18.9 Å². The maximum atomic E-state index is 5.75. The summed E-state index contributed by atoms with van der Waals surface area (Å²) >= 11 is 0. The monoisotopic (exact) mass is 216 g/mol. The van der Waals surface area contributed by atoms with E-state index in [-0.39, 0.29) is 30.5 Å². The summed E-state index contributed by atoms with van der Waals surface area (Å²) < 4.78 is 22.7. The molecule has 88 valence electrons. The Balaban J connectivity index is 1.90. The van der Waals surface area contributed by atoms with Gasteiger partial charge >= 0.3 is 0 Å². The molecule has 4 nitrogen and oxygen atoms in total. The van der Waals surface area contributed by atoms with Gasteiger partial charge in [-0.05, 0) is 20.8 Å². The molecule has 15 heavy (non-hydrogen) atoms. The molecule has 0 aromatic rings. The van der Waals surface area contributed by atoms with Crippen LogP contribution in [0.2, 0.25) is 0 Å². The highest BCUT2D eigenvalue weighted by atomic mass is 16.6. The topological polar surface area (TPSA) is 36.9 Å². The van der Waals surface area contributed by atoms with Crippen LogP contribution in [-0.2, 0) is 18.9 Å². The van der Waals surface area contributed by atoms with Crippen molar-refractivity contribution in [2.45, 2.75) is 51.3 Å². The minimum atomic E-state index is 0.0592. The van der Waals surface area contributed by atoms with Crippen molar-refractivity contribution in [3.05, 3.63) is 0 Å². The SMILES string of the molecule is CCOC1CO[C@@H]2C(OC(C)C)CO[C@H]12. The molecular weight excluding hydrogens is 196 g/mol. The van der Waals surface area contributed by atoms with Gasteiger partial charge in [-0.2, -0.15) is 0 Å². The van der Waals surface area contributed by atoms with Crippen LogP contribution in [0.25, 0.3) is 0 Å². The smallest absolute Gasteiger partial charge is 0.115 e. The zero-order valence-corrected chi connectivity index (χ0v) is 9.64. The van der Waals surface area contributed by atoms with Gasteiger partial charge in [0, 0.05) is 6.61 Å². The summed E-state index contributed by atoms with van der Waals surface area (Å²) in [4.78, 5) is 0. The van der Waals surface area contributed by atoms with Crippen LogP contribution in [0.3, 0.4) is 0 Å². The first-order valence-corrected chi connectivity index (χ1v) is 5.72. The Kier molecular flexibility index (Phi) is 3.61. The van der Waals surface area contributed by atoms with Gasteiger partial charge in [-0.1, -0.05) is 0 Å². The van der Waals surface area contributed by atoms with Crippen molar-refractivity contribution in [3.8, 4) is 0 Å². The van der Waals surface area contributed by atoms with Gasteiger partial charge in [-0.3, -0.25) is 0 Å². The van der Waals surface area contributed by atoms with Crippen molar-refractivity contribution in [2.24, 2.45) is 0 Å². The Hall–Kier alpha value is -0.160. The molecule has 4 atom stereocenters. The van der Waals surface area contributed by atoms with Gasteiger partial charge in [-0.25, -0.2) is 0 Å². The van der Waals surface area contributed by atoms with Crippen molar-refractivity contribution in [2.75, 3.05) is 19.8 Å². The van der Waals surface area contributed by atoms with Gasteiger partial charge in [0.2, 0.25) is 0 Å². The number of fused-ring (bicyclic) bond motifs is 1. The first-order valence-electron chi connectivity index (χ1n) is 5.72. The fourth-order valence-corrected chi connectivity index (χ4v) is 2.25. The second-order valence-electron chi connectivity index (χ2n) is 4.31. The van der Waals surface area contributed by atoms with E-state index in [1.165, 1.54) is 0 Å². The van der Waals surface area contributed by atoms with E-state index >= 15 is 0 Å². The molecule has 2 heterocycles. The largest absolute Gasteiger partial charge is 0.373 e. The summed E-state index contributed by atoms with van der Waals surface area (Å²) in [5.74, 6) is 0. The molecule has 4 heteroatoms. The number of hydrogen-bond donors (Lipinski definition) is 0. The lowest BCUT2D eigenvalue weighted by atomic mass is 10.1. The quantitative estimate of drug-likeness (QED) is 0.702. The Bertz CT molecular complexity index is 207. The van der Waals surface area contributed by atoms with Crippen LogP contribution in [0.1, 0.15) is 20.8 Å². The Morgan fingerprint density at radius 3 is 2.33 bits per heavy atom. The standard InChI is InChI=1S/C11H20O4/c1-4-12-8-5-13-11-9(15-7(2)3)6-14-10(8)11/h7-11H,4-6H2,1-3H3/t8?,9?,10-,11-/m1/s1. The van der Waals surface area contributed by atoms with Crippen LogP contribution in [0.15, 0.2) is 0 Å². The Morgan fingerprint density at radius 2 is 1.73 bits per heavy atom. The second-order valence-corrected chi connectivity index (χ2v) is 4.31. The number of rotatable bonds is 4. The Morgan fingerprint density at radius 1 is 1.13 bits per heavy atom. The highest BCUT2D eigenvalue weighted by molar-refractivity contribution is 4.95. The number of ether oxygens (including phenoxy) is 4. The third-order valence-corrected chi connectivity index (χ3v) is 2.79.